The summed E-state index contributed by atoms with van der Waals surface area (Å²) in [5, 5.41) is 13.1. The Kier molecular flexibility index (Phi) is 5.55. The van der Waals surface area contributed by atoms with Crippen LogP contribution < -0.4 is 4.73 Å². The van der Waals surface area contributed by atoms with E-state index >= 15 is 0 Å². The minimum Gasteiger partial charge on any atom is -0.710 e. The highest BCUT2D eigenvalue weighted by atomic mass is 16.5. The third-order valence-electron chi connectivity index (χ3n) is 6.21. The molecule has 0 radical (unpaired) electrons. The molecule has 0 bridgehead atoms. The summed E-state index contributed by atoms with van der Waals surface area (Å²) in [6, 6.07) is 31.3. The Morgan fingerprint density at radius 2 is 1.42 bits per heavy atom. The Labute approximate surface area is 183 Å². The van der Waals surface area contributed by atoms with Crippen molar-refractivity contribution in [1.29, 1.82) is 0 Å². The van der Waals surface area contributed by atoms with Gasteiger partial charge in [0.2, 0.25) is 6.33 Å². The van der Waals surface area contributed by atoms with E-state index in [9.17, 15) is 5.21 Å². The number of aromatic nitrogens is 2. The number of likely N-dealkylation sites (tertiary alicyclic amines) is 1. The lowest BCUT2D eigenvalue weighted by Crippen LogP contribution is -2.33. The van der Waals surface area contributed by atoms with Gasteiger partial charge in [-0.05, 0) is 24.9 Å². The first-order chi connectivity index (χ1) is 15.3. The van der Waals surface area contributed by atoms with Crippen molar-refractivity contribution in [3.63, 3.8) is 0 Å². The van der Waals surface area contributed by atoms with Crippen LogP contribution in [0.4, 0.5) is 0 Å². The zero-order valence-corrected chi connectivity index (χ0v) is 17.6. The molecule has 5 rings (SSSR count). The maximum absolute atomic E-state index is 13.1. The molecule has 4 heteroatoms. The zero-order valence-electron chi connectivity index (χ0n) is 17.6. The Morgan fingerprint density at radius 1 is 0.806 bits per heavy atom. The Balaban J connectivity index is 1.50. The molecule has 0 spiro atoms. The zero-order chi connectivity index (χ0) is 21.0. The fourth-order valence-corrected chi connectivity index (χ4v) is 4.73. The van der Waals surface area contributed by atoms with Crippen molar-refractivity contribution in [1.82, 2.24) is 9.47 Å². The van der Waals surface area contributed by atoms with Gasteiger partial charge in [-0.3, -0.25) is 4.90 Å². The first kappa shape index (κ1) is 19.6. The molecule has 156 valence electrons. The molecule has 0 N–H and O–H groups in total. The van der Waals surface area contributed by atoms with Gasteiger partial charge < -0.3 is 5.21 Å². The summed E-state index contributed by atoms with van der Waals surface area (Å²) in [6.45, 7) is 2.87. The number of hydrogen-bond donors (Lipinski definition) is 0. The first-order valence-electron chi connectivity index (χ1n) is 11.0. The Hall–Kier alpha value is -3.37. The van der Waals surface area contributed by atoms with Gasteiger partial charge in [0.25, 0.3) is 0 Å². The van der Waals surface area contributed by atoms with E-state index in [1.165, 1.54) is 12.0 Å². The van der Waals surface area contributed by atoms with Crippen molar-refractivity contribution in [2.75, 3.05) is 6.54 Å². The van der Waals surface area contributed by atoms with E-state index in [4.69, 9.17) is 0 Å². The SMILES string of the molecule is [O-][n+]1cn(C[C@@H]2CCCN2Cc2ccccc2)c(-c2ccccc2)c1-c1ccccc1. The summed E-state index contributed by atoms with van der Waals surface area (Å²) in [4.78, 5) is 2.56. The molecule has 4 aromatic rings. The molecule has 1 aromatic heterocycles. The number of rotatable bonds is 6. The van der Waals surface area contributed by atoms with E-state index in [0.717, 1.165) is 53.3 Å². The minimum atomic E-state index is 0.415. The molecule has 1 saturated heterocycles. The van der Waals surface area contributed by atoms with E-state index in [0.29, 0.717) is 6.04 Å². The van der Waals surface area contributed by atoms with Crippen LogP contribution >= 0.6 is 0 Å². The lowest BCUT2D eigenvalue weighted by molar-refractivity contribution is -0.593. The number of nitrogens with zero attached hydrogens (tertiary/aromatic N) is 3. The van der Waals surface area contributed by atoms with Gasteiger partial charge in [0.1, 0.15) is 6.54 Å². The molecule has 0 aliphatic carbocycles. The molecule has 1 atom stereocenters. The Morgan fingerprint density at radius 3 is 2.10 bits per heavy atom. The smallest absolute Gasteiger partial charge is 0.247 e. The van der Waals surface area contributed by atoms with Gasteiger partial charge >= 0.3 is 0 Å². The normalized spacial score (nSPS) is 16.6. The van der Waals surface area contributed by atoms with Crippen LogP contribution in [0.1, 0.15) is 18.4 Å². The lowest BCUT2D eigenvalue weighted by atomic mass is 10.0. The highest BCUT2D eigenvalue weighted by Gasteiger charge is 2.30. The van der Waals surface area contributed by atoms with E-state index in [1.54, 1.807) is 6.33 Å². The van der Waals surface area contributed by atoms with Crippen molar-refractivity contribution in [2.45, 2.75) is 32.0 Å². The highest BCUT2D eigenvalue weighted by molar-refractivity contribution is 5.76. The third kappa shape index (κ3) is 4.12. The average Bonchev–Trinajstić information content (AvgIpc) is 3.39. The van der Waals surface area contributed by atoms with Crippen molar-refractivity contribution in [3.05, 3.63) is 108 Å². The maximum atomic E-state index is 13.1. The molecular weight excluding hydrogens is 382 g/mol. The number of hydrogen-bond acceptors (Lipinski definition) is 2. The fourth-order valence-electron chi connectivity index (χ4n) is 4.73. The van der Waals surface area contributed by atoms with Crippen LogP contribution in [-0.4, -0.2) is 22.1 Å². The maximum Gasteiger partial charge on any atom is 0.247 e. The van der Waals surface area contributed by atoms with E-state index in [1.807, 2.05) is 48.5 Å². The summed E-state index contributed by atoms with van der Waals surface area (Å²) < 4.78 is 3.20. The van der Waals surface area contributed by atoms with Crippen molar-refractivity contribution in [2.24, 2.45) is 0 Å². The fraction of sp³-hybridized carbons (Fsp3) is 0.222. The van der Waals surface area contributed by atoms with Gasteiger partial charge in [-0.2, -0.15) is 0 Å². The van der Waals surface area contributed by atoms with Gasteiger partial charge in [-0.25, -0.2) is 9.30 Å². The number of benzene rings is 3. The molecule has 0 unspecified atom stereocenters. The Bertz CT molecular complexity index is 1120. The van der Waals surface area contributed by atoms with Gasteiger partial charge in [0.15, 0.2) is 11.4 Å². The lowest BCUT2D eigenvalue weighted by Gasteiger charge is -2.23. The predicted molar refractivity (Wildman–Crippen MR) is 124 cm³/mol. The van der Waals surface area contributed by atoms with Crippen LogP contribution in [-0.2, 0) is 13.1 Å². The molecule has 4 nitrogen and oxygen atoms in total. The molecule has 0 saturated carbocycles. The van der Waals surface area contributed by atoms with Gasteiger partial charge in [-0.15, -0.1) is 0 Å². The monoisotopic (exact) mass is 409 g/mol. The van der Waals surface area contributed by atoms with E-state index in [2.05, 4.69) is 51.9 Å². The molecule has 3 aromatic carbocycles. The second kappa shape index (κ2) is 8.78. The van der Waals surface area contributed by atoms with Crippen LogP contribution in [0.15, 0.2) is 97.3 Å². The minimum absolute atomic E-state index is 0.415. The van der Waals surface area contributed by atoms with Gasteiger partial charge in [-0.1, -0.05) is 91.0 Å². The van der Waals surface area contributed by atoms with Crippen LogP contribution in [0.3, 0.4) is 0 Å². The largest absolute Gasteiger partial charge is 0.710 e. The summed E-state index contributed by atoms with van der Waals surface area (Å²) in [5.41, 5.74) is 5.08. The van der Waals surface area contributed by atoms with Gasteiger partial charge in [0, 0.05) is 23.7 Å². The molecule has 2 heterocycles. The second-order valence-corrected chi connectivity index (χ2v) is 8.28. The molecular formula is C27H27N3O. The molecule has 1 aliphatic rings. The topological polar surface area (TPSA) is 35.1 Å². The van der Waals surface area contributed by atoms with Crippen LogP contribution in [0.5, 0.6) is 0 Å². The molecule has 1 fully saturated rings. The quantitative estimate of drug-likeness (QED) is 0.327. The molecule has 0 amide bonds. The summed E-state index contributed by atoms with van der Waals surface area (Å²) in [6.07, 6.45) is 4.07. The molecule has 31 heavy (non-hydrogen) atoms. The summed E-state index contributed by atoms with van der Waals surface area (Å²) >= 11 is 0. The standard InChI is InChI=1S/C27H27N3O/c31-30-21-29(20-25-17-10-18-28(25)19-22-11-4-1-5-12-22)26(23-13-6-2-7-14-23)27(30)24-15-8-3-9-16-24/h1-9,11-16,21,25H,10,17-20H2/t25-/m0/s1. The van der Waals surface area contributed by atoms with E-state index < -0.39 is 0 Å². The van der Waals surface area contributed by atoms with Crippen molar-refractivity contribution >= 4 is 0 Å². The first-order valence-corrected chi connectivity index (χ1v) is 11.0. The predicted octanol–water partition coefficient (Wildman–Crippen LogP) is 5.12. The third-order valence-corrected chi connectivity index (χ3v) is 6.21. The van der Waals surface area contributed by atoms with Crippen LogP contribution in [0, 0.1) is 5.21 Å². The molecule has 1 aliphatic heterocycles. The van der Waals surface area contributed by atoms with Crippen LogP contribution in [0.2, 0.25) is 0 Å². The highest BCUT2D eigenvalue weighted by Crippen LogP contribution is 2.31. The van der Waals surface area contributed by atoms with E-state index in [-0.39, 0.29) is 0 Å². The number of imidazole rings is 1. The van der Waals surface area contributed by atoms with Gasteiger partial charge in [0.05, 0.1) is 0 Å². The average molecular weight is 410 g/mol. The second-order valence-electron chi connectivity index (χ2n) is 8.28. The van der Waals surface area contributed by atoms with Crippen LogP contribution in [0.25, 0.3) is 22.5 Å². The summed E-state index contributed by atoms with van der Waals surface area (Å²) in [7, 11) is 0. The van der Waals surface area contributed by atoms with Crippen molar-refractivity contribution in [3.8, 4) is 22.5 Å². The van der Waals surface area contributed by atoms with Crippen molar-refractivity contribution < 1.29 is 4.73 Å². The summed E-state index contributed by atoms with van der Waals surface area (Å²) in [5.74, 6) is 0.